The molecule has 24 heavy (non-hydrogen) atoms. The molecule has 2 amide bonds. The van der Waals surface area contributed by atoms with Gasteiger partial charge in [-0.2, -0.15) is 0 Å². The first-order valence-corrected chi connectivity index (χ1v) is 7.76. The van der Waals surface area contributed by atoms with Crippen LogP contribution in [0.3, 0.4) is 0 Å². The van der Waals surface area contributed by atoms with E-state index in [1.165, 1.54) is 13.0 Å². The quantitative estimate of drug-likeness (QED) is 0.537. The van der Waals surface area contributed by atoms with Gasteiger partial charge in [-0.15, -0.1) is 0 Å². The van der Waals surface area contributed by atoms with Gasteiger partial charge < -0.3 is 11.1 Å². The Bertz CT molecular complexity index is 789. The summed E-state index contributed by atoms with van der Waals surface area (Å²) >= 11 is 0.772. The van der Waals surface area contributed by atoms with Gasteiger partial charge in [-0.05, 0) is 30.4 Å². The van der Waals surface area contributed by atoms with Gasteiger partial charge in [0.2, 0.25) is 5.91 Å². The Hall–Kier alpha value is -2.85. The second-order valence-electron chi connectivity index (χ2n) is 4.75. The van der Waals surface area contributed by atoms with E-state index in [2.05, 4.69) is 15.6 Å². The Morgan fingerprint density at radius 3 is 2.67 bits per heavy atom. The summed E-state index contributed by atoms with van der Waals surface area (Å²) in [5.74, 6) is -0.833. The van der Waals surface area contributed by atoms with Gasteiger partial charge in [0.1, 0.15) is 5.69 Å². The molecule has 10 heteroatoms. The maximum Gasteiger partial charge on any atom is 0.348 e. The number of nitrogens with two attached hydrogens (primary N) is 1. The number of nitro groups is 1. The molecule has 0 bridgehead atoms. The molecule has 126 valence electrons. The van der Waals surface area contributed by atoms with Crippen molar-refractivity contribution in [2.24, 2.45) is 5.73 Å². The second kappa shape index (κ2) is 7.62. The van der Waals surface area contributed by atoms with Crippen molar-refractivity contribution in [3.8, 4) is 0 Å². The monoisotopic (exact) mass is 349 g/mol. The van der Waals surface area contributed by atoms with E-state index >= 15 is 0 Å². The second-order valence-corrected chi connectivity index (χ2v) is 5.73. The number of amides is 2. The van der Waals surface area contributed by atoms with E-state index in [1.807, 2.05) is 0 Å². The molecule has 0 unspecified atom stereocenters. The Balaban J connectivity index is 2.19. The van der Waals surface area contributed by atoms with Crippen LogP contribution in [-0.4, -0.2) is 28.3 Å². The molecule has 2 aromatic rings. The zero-order valence-electron chi connectivity index (χ0n) is 12.7. The van der Waals surface area contributed by atoms with Crippen molar-refractivity contribution in [2.75, 3.05) is 17.2 Å². The standard InChI is InChI=1S/C14H15N5O4S/c1-8-13(19(22)23)24-14(16-8)18-12(21)9-4-2-3-5-10(9)17-11(20)6-7-15/h2-5H,6-7,15H2,1H3,(H,17,20)(H,16,18,21). The molecule has 0 atom stereocenters. The van der Waals surface area contributed by atoms with Gasteiger partial charge in [0.25, 0.3) is 5.91 Å². The van der Waals surface area contributed by atoms with Gasteiger partial charge in [0.15, 0.2) is 5.13 Å². The zero-order chi connectivity index (χ0) is 17.7. The summed E-state index contributed by atoms with van der Waals surface area (Å²) in [6.45, 7) is 1.69. The largest absolute Gasteiger partial charge is 0.348 e. The SMILES string of the molecule is Cc1nc(NC(=O)c2ccccc2NC(=O)CCN)sc1[N+](=O)[O-]. The summed E-state index contributed by atoms with van der Waals surface area (Å²) in [5, 5.41) is 15.9. The van der Waals surface area contributed by atoms with Gasteiger partial charge in [0.05, 0.1) is 16.2 Å². The normalized spacial score (nSPS) is 10.2. The Kier molecular flexibility index (Phi) is 5.55. The number of thiazole rings is 1. The Morgan fingerprint density at radius 1 is 1.33 bits per heavy atom. The lowest BCUT2D eigenvalue weighted by Crippen LogP contribution is -2.20. The summed E-state index contributed by atoms with van der Waals surface area (Å²) in [7, 11) is 0. The fraction of sp³-hybridized carbons (Fsp3) is 0.214. The zero-order valence-corrected chi connectivity index (χ0v) is 13.6. The number of hydrogen-bond acceptors (Lipinski definition) is 7. The van der Waals surface area contributed by atoms with Crippen molar-refractivity contribution in [3.63, 3.8) is 0 Å². The average molecular weight is 349 g/mol. The highest BCUT2D eigenvalue weighted by molar-refractivity contribution is 7.19. The summed E-state index contributed by atoms with van der Waals surface area (Å²) in [6, 6.07) is 6.43. The molecule has 0 aliphatic heterocycles. The predicted octanol–water partition coefficient (Wildman–Crippen LogP) is 1.90. The van der Waals surface area contributed by atoms with Crippen LogP contribution in [0.4, 0.5) is 15.8 Å². The molecule has 0 saturated heterocycles. The molecule has 0 saturated carbocycles. The Labute approximate surface area is 141 Å². The molecule has 0 spiro atoms. The van der Waals surface area contributed by atoms with E-state index in [0.29, 0.717) is 5.69 Å². The number of anilines is 2. The first-order valence-electron chi connectivity index (χ1n) is 6.94. The van der Waals surface area contributed by atoms with Gasteiger partial charge in [-0.3, -0.25) is 25.0 Å². The number of nitrogens with zero attached hydrogens (tertiary/aromatic N) is 2. The van der Waals surface area contributed by atoms with Crippen molar-refractivity contribution in [1.29, 1.82) is 0 Å². The van der Waals surface area contributed by atoms with Gasteiger partial charge in [-0.25, -0.2) is 4.98 Å². The molecule has 0 aliphatic carbocycles. The molecule has 0 radical (unpaired) electrons. The summed E-state index contributed by atoms with van der Waals surface area (Å²) < 4.78 is 0. The molecule has 9 nitrogen and oxygen atoms in total. The number of carbonyl (C=O) groups is 2. The third kappa shape index (κ3) is 4.12. The maximum atomic E-state index is 12.4. The lowest BCUT2D eigenvalue weighted by atomic mass is 10.1. The minimum Gasteiger partial charge on any atom is -0.330 e. The molecule has 1 heterocycles. The molecule has 0 aliphatic rings. The first-order chi connectivity index (χ1) is 11.4. The number of carbonyl (C=O) groups excluding carboxylic acids is 2. The average Bonchev–Trinajstić information content (AvgIpc) is 2.88. The number of hydrogen-bond donors (Lipinski definition) is 3. The molecule has 0 fully saturated rings. The summed E-state index contributed by atoms with van der Waals surface area (Å²) in [5.41, 5.74) is 6.10. The highest BCUT2D eigenvalue weighted by Gasteiger charge is 2.20. The molecular weight excluding hydrogens is 334 g/mol. The first kappa shape index (κ1) is 17.5. The van der Waals surface area contributed by atoms with E-state index < -0.39 is 10.8 Å². The van der Waals surface area contributed by atoms with E-state index in [4.69, 9.17) is 5.73 Å². The van der Waals surface area contributed by atoms with Crippen LogP contribution in [0.15, 0.2) is 24.3 Å². The van der Waals surface area contributed by atoms with E-state index in [1.54, 1.807) is 18.2 Å². The van der Waals surface area contributed by atoms with E-state index in [-0.39, 0.29) is 40.3 Å². The molecule has 4 N–H and O–H groups in total. The van der Waals surface area contributed by atoms with Crippen LogP contribution in [0.25, 0.3) is 0 Å². The minimum atomic E-state index is -0.552. The molecule has 1 aromatic heterocycles. The lowest BCUT2D eigenvalue weighted by Gasteiger charge is -2.10. The fourth-order valence-corrected chi connectivity index (χ4v) is 2.69. The highest BCUT2D eigenvalue weighted by atomic mass is 32.1. The highest BCUT2D eigenvalue weighted by Crippen LogP contribution is 2.30. The molecule has 2 rings (SSSR count). The van der Waals surface area contributed by atoms with Crippen molar-refractivity contribution in [2.45, 2.75) is 13.3 Å². The van der Waals surface area contributed by atoms with Crippen LogP contribution in [0.5, 0.6) is 0 Å². The van der Waals surface area contributed by atoms with Crippen LogP contribution in [0.2, 0.25) is 0 Å². The topological polar surface area (TPSA) is 140 Å². The van der Waals surface area contributed by atoms with Gasteiger partial charge >= 0.3 is 5.00 Å². The lowest BCUT2D eigenvalue weighted by molar-refractivity contribution is -0.380. The molecular formula is C14H15N5O4S. The number of nitrogens with one attached hydrogen (secondary N) is 2. The van der Waals surface area contributed by atoms with Crippen molar-refractivity contribution in [1.82, 2.24) is 4.98 Å². The number of aromatic nitrogens is 1. The van der Waals surface area contributed by atoms with Gasteiger partial charge in [-0.1, -0.05) is 12.1 Å². The fourth-order valence-electron chi connectivity index (χ4n) is 1.91. The number of rotatable bonds is 6. The van der Waals surface area contributed by atoms with Crippen LogP contribution in [0, 0.1) is 17.0 Å². The Morgan fingerprint density at radius 2 is 2.04 bits per heavy atom. The van der Waals surface area contributed by atoms with Crippen molar-refractivity contribution < 1.29 is 14.5 Å². The summed E-state index contributed by atoms with van der Waals surface area (Å²) in [6.07, 6.45) is 0.133. The van der Waals surface area contributed by atoms with Crippen LogP contribution < -0.4 is 16.4 Å². The number of benzene rings is 1. The van der Waals surface area contributed by atoms with E-state index in [9.17, 15) is 19.7 Å². The van der Waals surface area contributed by atoms with Crippen LogP contribution >= 0.6 is 11.3 Å². The summed E-state index contributed by atoms with van der Waals surface area (Å²) in [4.78, 5) is 38.3. The predicted molar refractivity (Wildman–Crippen MR) is 90.2 cm³/mol. The number of para-hydroxylation sites is 1. The van der Waals surface area contributed by atoms with Crippen LogP contribution in [0.1, 0.15) is 22.5 Å². The third-order valence-corrected chi connectivity index (χ3v) is 4.00. The van der Waals surface area contributed by atoms with Crippen LogP contribution in [-0.2, 0) is 4.79 Å². The third-order valence-electron chi connectivity index (χ3n) is 2.98. The molecule has 1 aromatic carbocycles. The maximum absolute atomic E-state index is 12.4. The van der Waals surface area contributed by atoms with Gasteiger partial charge in [0, 0.05) is 13.0 Å². The smallest absolute Gasteiger partial charge is 0.330 e. The minimum absolute atomic E-state index is 0.118. The number of aryl methyl sites for hydroxylation is 1. The van der Waals surface area contributed by atoms with Crippen molar-refractivity contribution >= 4 is 39.0 Å². The van der Waals surface area contributed by atoms with E-state index in [0.717, 1.165) is 11.3 Å². The van der Waals surface area contributed by atoms with Crippen molar-refractivity contribution in [3.05, 3.63) is 45.6 Å².